The largest absolute Gasteiger partial charge is 0.463 e. The molecule has 0 aliphatic heterocycles. The van der Waals surface area contributed by atoms with Crippen LogP contribution in [0.3, 0.4) is 0 Å². The van der Waals surface area contributed by atoms with Crippen LogP contribution in [0, 0.1) is 0 Å². The minimum absolute atomic E-state index is 0.167. The first-order valence-corrected chi connectivity index (χ1v) is 5.10. The van der Waals surface area contributed by atoms with Crippen molar-refractivity contribution in [2.24, 2.45) is 0 Å². The van der Waals surface area contributed by atoms with Crippen LogP contribution in [0.1, 0.15) is 42.6 Å². The van der Waals surface area contributed by atoms with E-state index in [9.17, 15) is 4.79 Å². The van der Waals surface area contributed by atoms with Crippen molar-refractivity contribution in [3.8, 4) is 0 Å². The number of methoxy groups -OCH3 is 2. The SMILES string of the molecule is COCc1cc(C(=O)OC)oc1C(C)(C)C. The van der Waals surface area contributed by atoms with E-state index in [1.165, 1.54) is 7.11 Å². The molecule has 0 radical (unpaired) electrons. The summed E-state index contributed by atoms with van der Waals surface area (Å²) in [5.74, 6) is 0.516. The molecule has 0 saturated heterocycles. The molecule has 1 heterocycles. The molecule has 0 amide bonds. The van der Waals surface area contributed by atoms with Gasteiger partial charge in [-0.05, 0) is 6.07 Å². The Bertz CT molecular complexity index is 371. The summed E-state index contributed by atoms with van der Waals surface area (Å²) in [4.78, 5) is 11.4. The Balaban J connectivity index is 3.15. The van der Waals surface area contributed by atoms with Crippen LogP contribution in [0.25, 0.3) is 0 Å². The maximum absolute atomic E-state index is 11.4. The third-order valence-corrected chi connectivity index (χ3v) is 2.18. The van der Waals surface area contributed by atoms with Crippen LogP contribution in [-0.2, 0) is 21.5 Å². The first-order valence-electron chi connectivity index (χ1n) is 5.10. The van der Waals surface area contributed by atoms with E-state index in [2.05, 4.69) is 4.74 Å². The van der Waals surface area contributed by atoms with Crippen LogP contribution in [0.5, 0.6) is 0 Å². The average Bonchev–Trinajstić information content (AvgIpc) is 2.61. The van der Waals surface area contributed by atoms with Crippen molar-refractivity contribution in [3.63, 3.8) is 0 Å². The highest BCUT2D eigenvalue weighted by molar-refractivity contribution is 5.86. The molecule has 90 valence electrons. The molecule has 4 nitrogen and oxygen atoms in total. The van der Waals surface area contributed by atoms with Crippen LogP contribution >= 0.6 is 0 Å². The Hall–Kier alpha value is -1.29. The number of carbonyl (C=O) groups is 1. The Kier molecular flexibility index (Phi) is 3.75. The molecule has 1 aromatic rings. The Morgan fingerprint density at radius 2 is 2.00 bits per heavy atom. The van der Waals surface area contributed by atoms with E-state index in [0.29, 0.717) is 6.61 Å². The van der Waals surface area contributed by atoms with Gasteiger partial charge in [-0.2, -0.15) is 0 Å². The predicted octanol–water partition coefficient (Wildman–Crippen LogP) is 2.51. The zero-order valence-corrected chi connectivity index (χ0v) is 10.4. The van der Waals surface area contributed by atoms with E-state index in [-0.39, 0.29) is 11.2 Å². The van der Waals surface area contributed by atoms with Crippen molar-refractivity contribution in [1.29, 1.82) is 0 Å². The molecule has 1 rings (SSSR count). The normalized spacial score (nSPS) is 11.6. The number of ether oxygens (including phenoxy) is 2. The number of hydrogen-bond acceptors (Lipinski definition) is 4. The van der Waals surface area contributed by atoms with Crippen molar-refractivity contribution < 1.29 is 18.7 Å². The Labute approximate surface area is 95.5 Å². The summed E-state index contributed by atoms with van der Waals surface area (Å²) in [6.45, 7) is 6.48. The van der Waals surface area contributed by atoms with Crippen LogP contribution < -0.4 is 0 Å². The summed E-state index contributed by atoms with van der Waals surface area (Å²) < 4.78 is 15.2. The number of rotatable bonds is 3. The molecule has 16 heavy (non-hydrogen) atoms. The van der Waals surface area contributed by atoms with Gasteiger partial charge in [-0.15, -0.1) is 0 Å². The van der Waals surface area contributed by atoms with Crippen LogP contribution in [0.15, 0.2) is 10.5 Å². The van der Waals surface area contributed by atoms with Crippen molar-refractivity contribution >= 4 is 5.97 Å². The second kappa shape index (κ2) is 4.70. The predicted molar refractivity (Wildman–Crippen MR) is 59.5 cm³/mol. The van der Waals surface area contributed by atoms with Crippen LogP contribution in [0.2, 0.25) is 0 Å². The maximum atomic E-state index is 11.4. The minimum atomic E-state index is -0.465. The summed E-state index contributed by atoms with van der Waals surface area (Å²) in [6, 6.07) is 1.68. The molecule has 0 fully saturated rings. The first-order chi connectivity index (χ1) is 7.40. The fraction of sp³-hybridized carbons (Fsp3) is 0.583. The van der Waals surface area contributed by atoms with Gasteiger partial charge in [-0.1, -0.05) is 20.8 Å². The topological polar surface area (TPSA) is 48.7 Å². The molecule has 0 aromatic carbocycles. The highest BCUT2D eigenvalue weighted by Gasteiger charge is 2.25. The van der Waals surface area contributed by atoms with Gasteiger partial charge in [-0.3, -0.25) is 0 Å². The van der Waals surface area contributed by atoms with Crippen molar-refractivity contribution in [3.05, 3.63) is 23.2 Å². The van der Waals surface area contributed by atoms with Gasteiger partial charge >= 0.3 is 5.97 Å². The molecule has 1 aromatic heterocycles. The van der Waals surface area contributed by atoms with E-state index in [1.54, 1.807) is 13.2 Å². The number of furan rings is 1. The standard InChI is InChI=1S/C12H18O4/c1-12(2,3)10-8(7-14-4)6-9(16-10)11(13)15-5/h6H,7H2,1-5H3. The quantitative estimate of drug-likeness (QED) is 0.743. The molecule has 0 N–H and O–H groups in total. The van der Waals surface area contributed by atoms with E-state index in [0.717, 1.165) is 11.3 Å². The lowest BCUT2D eigenvalue weighted by atomic mass is 9.91. The smallest absolute Gasteiger partial charge is 0.373 e. The summed E-state index contributed by atoms with van der Waals surface area (Å²) in [6.07, 6.45) is 0. The lowest BCUT2D eigenvalue weighted by Gasteiger charge is -2.16. The van der Waals surface area contributed by atoms with E-state index >= 15 is 0 Å². The van der Waals surface area contributed by atoms with Gasteiger partial charge in [0.1, 0.15) is 5.76 Å². The zero-order chi connectivity index (χ0) is 12.3. The zero-order valence-electron chi connectivity index (χ0n) is 10.4. The van der Waals surface area contributed by atoms with Gasteiger partial charge < -0.3 is 13.9 Å². The number of carbonyl (C=O) groups excluding carboxylic acids is 1. The number of esters is 1. The van der Waals surface area contributed by atoms with Crippen LogP contribution in [0.4, 0.5) is 0 Å². The fourth-order valence-electron chi connectivity index (χ4n) is 1.53. The number of hydrogen-bond donors (Lipinski definition) is 0. The molecular formula is C12H18O4. The van der Waals surface area contributed by atoms with Gasteiger partial charge in [0, 0.05) is 18.1 Å². The van der Waals surface area contributed by atoms with Gasteiger partial charge in [0.25, 0.3) is 0 Å². The summed E-state index contributed by atoms with van der Waals surface area (Å²) in [7, 11) is 2.94. The third kappa shape index (κ3) is 2.64. The van der Waals surface area contributed by atoms with Gasteiger partial charge in [0.05, 0.1) is 13.7 Å². The molecule has 0 aliphatic rings. The molecule has 0 saturated carbocycles. The average molecular weight is 226 g/mol. The van der Waals surface area contributed by atoms with Gasteiger partial charge in [-0.25, -0.2) is 4.79 Å². The molecule has 0 atom stereocenters. The highest BCUT2D eigenvalue weighted by Crippen LogP contribution is 2.29. The molecule has 4 heteroatoms. The van der Waals surface area contributed by atoms with Crippen molar-refractivity contribution in [1.82, 2.24) is 0 Å². The second-order valence-electron chi connectivity index (χ2n) is 4.64. The molecule has 0 spiro atoms. The van der Waals surface area contributed by atoms with Gasteiger partial charge in [0.2, 0.25) is 5.76 Å². The van der Waals surface area contributed by atoms with E-state index in [1.807, 2.05) is 20.8 Å². The Morgan fingerprint density at radius 3 is 2.44 bits per heavy atom. The fourth-order valence-corrected chi connectivity index (χ4v) is 1.53. The Morgan fingerprint density at radius 1 is 1.38 bits per heavy atom. The second-order valence-corrected chi connectivity index (χ2v) is 4.64. The van der Waals surface area contributed by atoms with Crippen molar-refractivity contribution in [2.75, 3.05) is 14.2 Å². The first kappa shape index (κ1) is 12.8. The van der Waals surface area contributed by atoms with E-state index in [4.69, 9.17) is 9.15 Å². The van der Waals surface area contributed by atoms with Gasteiger partial charge in [0.15, 0.2) is 0 Å². The molecular weight excluding hydrogens is 208 g/mol. The molecule has 0 aliphatic carbocycles. The summed E-state index contributed by atoms with van der Waals surface area (Å²) in [5, 5.41) is 0. The third-order valence-electron chi connectivity index (χ3n) is 2.18. The molecule has 0 bridgehead atoms. The van der Waals surface area contributed by atoms with E-state index < -0.39 is 5.97 Å². The maximum Gasteiger partial charge on any atom is 0.373 e. The molecule has 0 unspecified atom stereocenters. The lowest BCUT2D eigenvalue weighted by Crippen LogP contribution is -2.12. The summed E-state index contributed by atoms with van der Waals surface area (Å²) >= 11 is 0. The minimum Gasteiger partial charge on any atom is -0.463 e. The monoisotopic (exact) mass is 226 g/mol. The van der Waals surface area contributed by atoms with Crippen LogP contribution in [-0.4, -0.2) is 20.2 Å². The summed E-state index contributed by atoms with van der Waals surface area (Å²) in [5.41, 5.74) is 0.718. The van der Waals surface area contributed by atoms with Crippen molar-refractivity contribution in [2.45, 2.75) is 32.8 Å². The lowest BCUT2D eigenvalue weighted by molar-refractivity contribution is 0.0561. The highest BCUT2D eigenvalue weighted by atomic mass is 16.5.